The molecule has 1 N–H and O–H groups in total. The summed E-state index contributed by atoms with van der Waals surface area (Å²) in [5, 5.41) is 9.05. The van der Waals surface area contributed by atoms with E-state index in [9.17, 15) is 13.2 Å². The predicted octanol–water partition coefficient (Wildman–Crippen LogP) is 2.14. The average molecular weight is 404 g/mol. The van der Waals surface area contributed by atoms with E-state index in [2.05, 4.69) is 9.97 Å². The second-order valence-corrected chi connectivity index (χ2v) is 9.24. The fourth-order valence-electron chi connectivity index (χ4n) is 3.36. The first-order valence-corrected chi connectivity index (χ1v) is 10.4. The van der Waals surface area contributed by atoms with E-state index in [1.54, 1.807) is 31.2 Å². The van der Waals surface area contributed by atoms with Gasteiger partial charge in [-0.1, -0.05) is 12.1 Å². The normalized spacial score (nSPS) is 18.4. The number of piperidine rings is 1. The smallest absolute Gasteiger partial charge is 0.335 e. The van der Waals surface area contributed by atoms with Crippen LogP contribution in [0, 0.1) is 6.92 Å². The maximum Gasteiger partial charge on any atom is 0.335 e. The van der Waals surface area contributed by atoms with Crippen LogP contribution in [-0.2, 0) is 10.2 Å². The molecule has 0 amide bonds. The third kappa shape index (κ3) is 4.21. The fraction of sp³-hybridized carbons (Fsp3) is 0.421. The van der Waals surface area contributed by atoms with Crippen LogP contribution in [0.2, 0.25) is 0 Å². The van der Waals surface area contributed by atoms with E-state index in [0.29, 0.717) is 24.6 Å². The van der Waals surface area contributed by atoms with Crippen molar-refractivity contribution in [1.82, 2.24) is 18.6 Å². The predicted molar refractivity (Wildman–Crippen MR) is 105 cm³/mol. The monoisotopic (exact) mass is 404 g/mol. The third-order valence-electron chi connectivity index (χ3n) is 4.88. The molecule has 28 heavy (non-hydrogen) atoms. The Kier molecular flexibility index (Phi) is 5.78. The van der Waals surface area contributed by atoms with Crippen molar-refractivity contribution in [2.45, 2.75) is 25.7 Å². The number of hydrogen-bond acceptors (Lipinski definition) is 5. The molecule has 8 nitrogen and oxygen atoms in total. The molecule has 0 saturated carbocycles. The Morgan fingerprint density at radius 3 is 2.50 bits per heavy atom. The molecule has 1 aliphatic rings. The second-order valence-electron chi connectivity index (χ2n) is 7.10. The van der Waals surface area contributed by atoms with E-state index in [1.807, 2.05) is 6.07 Å². The molecule has 0 aliphatic carbocycles. The van der Waals surface area contributed by atoms with Gasteiger partial charge in [0.2, 0.25) is 0 Å². The van der Waals surface area contributed by atoms with E-state index >= 15 is 0 Å². The molecular formula is C19H24N4O4S. The quantitative estimate of drug-likeness (QED) is 0.819. The minimum Gasteiger partial charge on any atom is -0.478 e. The van der Waals surface area contributed by atoms with Crippen molar-refractivity contribution in [2.75, 3.05) is 27.2 Å². The number of carboxylic acid groups (broad SMARTS) is 1. The number of carbonyl (C=O) groups is 1. The van der Waals surface area contributed by atoms with E-state index < -0.39 is 16.2 Å². The Hall–Kier alpha value is -2.36. The lowest BCUT2D eigenvalue weighted by atomic mass is 9.94. The fourth-order valence-corrected chi connectivity index (χ4v) is 4.55. The van der Waals surface area contributed by atoms with Crippen LogP contribution in [0.15, 0.2) is 30.3 Å². The van der Waals surface area contributed by atoms with E-state index in [0.717, 1.165) is 24.1 Å². The number of benzene rings is 1. The average Bonchev–Trinajstić information content (AvgIpc) is 2.67. The molecule has 2 heterocycles. The molecule has 0 unspecified atom stereocenters. The molecule has 1 fully saturated rings. The number of carboxylic acids is 1. The van der Waals surface area contributed by atoms with Gasteiger partial charge in [-0.2, -0.15) is 17.0 Å². The summed E-state index contributed by atoms with van der Waals surface area (Å²) < 4.78 is 27.7. The number of aromatic carboxylic acids is 1. The van der Waals surface area contributed by atoms with Gasteiger partial charge in [0.15, 0.2) is 0 Å². The summed E-state index contributed by atoms with van der Waals surface area (Å²) in [6, 6.07) is 8.40. The maximum atomic E-state index is 12.5. The molecule has 1 atom stereocenters. The van der Waals surface area contributed by atoms with Crippen LogP contribution < -0.4 is 0 Å². The Balaban J connectivity index is 1.90. The van der Waals surface area contributed by atoms with E-state index in [1.165, 1.54) is 22.7 Å². The molecule has 0 spiro atoms. The minimum absolute atomic E-state index is 0.0118. The first kappa shape index (κ1) is 20.4. The van der Waals surface area contributed by atoms with Gasteiger partial charge >= 0.3 is 5.97 Å². The van der Waals surface area contributed by atoms with Crippen molar-refractivity contribution < 1.29 is 18.3 Å². The van der Waals surface area contributed by atoms with Crippen LogP contribution in [0.3, 0.4) is 0 Å². The summed E-state index contributed by atoms with van der Waals surface area (Å²) in [5.41, 5.74) is 2.52. The summed E-state index contributed by atoms with van der Waals surface area (Å²) >= 11 is 0. The summed E-state index contributed by atoms with van der Waals surface area (Å²) in [7, 11) is -0.390. The van der Waals surface area contributed by atoms with Crippen molar-refractivity contribution >= 4 is 16.2 Å². The van der Waals surface area contributed by atoms with Gasteiger partial charge < -0.3 is 5.11 Å². The zero-order valence-electron chi connectivity index (χ0n) is 16.2. The van der Waals surface area contributed by atoms with Gasteiger partial charge in [0.25, 0.3) is 10.2 Å². The van der Waals surface area contributed by atoms with Gasteiger partial charge in [0.05, 0.1) is 11.3 Å². The summed E-state index contributed by atoms with van der Waals surface area (Å²) in [4.78, 5) is 20.1. The molecule has 1 aromatic heterocycles. The third-order valence-corrected chi connectivity index (χ3v) is 6.78. The standard InChI is InChI=1S/C19H24N4O4S/c1-13-20-17(14-6-8-15(9-7-14)19(24)25)11-18(21-13)16-5-4-10-23(12-16)28(26,27)22(2)3/h6-9,11,16H,4-5,10,12H2,1-3H3,(H,24,25)/t16-/m1/s1. The molecule has 3 rings (SSSR count). The second kappa shape index (κ2) is 7.94. The van der Waals surface area contributed by atoms with Gasteiger partial charge in [-0.05, 0) is 38.0 Å². The molecule has 0 radical (unpaired) electrons. The molecule has 150 valence electrons. The van der Waals surface area contributed by atoms with Crippen molar-refractivity contribution in [3.63, 3.8) is 0 Å². The lowest BCUT2D eigenvalue weighted by Gasteiger charge is -2.33. The summed E-state index contributed by atoms with van der Waals surface area (Å²) in [6.45, 7) is 2.69. The van der Waals surface area contributed by atoms with Crippen LogP contribution in [0.4, 0.5) is 0 Å². The number of rotatable bonds is 5. The van der Waals surface area contributed by atoms with Crippen molar-refractivity contribution in [2.24, 2.45) is 0 Å². The summed E-state index contributed by atoms with van der Waals surface area (Å²) in [6.07, 6.45) is 1.62. The van der Waals surface area contributed by atoms with Crippen LogP contribution in [0.5, 0.6) is 0 Å². The van der Waals surface area contributed by atoms with Gasteiger partial charge in [-0.3, -0.25) is 0 Å². The molecular weight excluding hydrogens is 380 g/mol. The van der Waals surface area contributed by atoms with Gasteiger partial charge in [-0.15, -0.1) is 0 Å². The Morgan fingerprint density at radius 2 is 1.89 bits per heavy atom. The minimum atomic E-state index is -3.46. The Morgan fingerprint density at radius 1 is 1.21 bits per heavy atom. The number of aromatic nitrogens is 2. The van der Waals surface area contributed by atoms with Crippen LogP contribution in [-0.4, -0.2) is 65.3 Å². The van der Waals surface area contributed by atoms with Crippen molar-refractivity contribution in [3.8, 4) is 11.3 Å². The van der Waals surface area contributed by atoms with Crippen LogP contribution in [0.1, 0.15) is 40.6 Å². The zero-order valence-corrected chi connectivity index (χ0v) is 17.0. The SMILES string of the molecule is Cc1nc(-c2ccc(C(=O)O)cc2)cc([C@@H]2CCCN(S(=O)(=O)N(C)C)C2)n1. The first-order chi connectivity index (χ1) is 13.2. The highest BCUT2D eigenvalue weighted by Gasteiger charge is 2.31. The molecule has 1 aliphatic heterocycles. The number of aryl methyl sites for hydroxylation is 1. The van der Waals surface area contributed by atoms with Crippen LogP contribution in [0.25, 0.3) is 11.3 Å². The number of hydrogen-bond donors (Lipinski definition) is 1. The summed E-state index contributed by atoms with van der Waals surface area (Å²) in [5.74, 6) is -0.389. The highest BCUT2D eigenvalue weighted by atomic mass is 32.2. The first-order valence-electron chi connectivity index (χ1n) is 9.05. The highest BCUT2D eigenvalue weighted by Crippen LogP contribution is 2.30. The highest BCUT2D eigenvalue weighted by molar-refractivity contribution is 7.86. The molecule has 1 aromatic carbocycles. The molecule has 2 aromatic rings. The van der Waals surface area contributed by atoms with E-state index in [4.69, 9.17) is 5.11 Å². The van der Waals surface area contributed by atoms with Gasteiger partial charge in [0.1, 0.15) is 5.82 Å². The largest absolute Gasteiger partial charge is 0.478 e. The lowest BCUT2D eigenvalue weighted by Crippen LogP contribution is -2.45. The molecule has 0 bridgehead atoms. The Labute approximate surface area is 165 Å². The van der Waals surface area contributed by atoms with E-state index in [-0.39, 0.29) is 11.5 Å². The molecule has 9 heteroatoms. The molecule has 1 saturated heterocycles. The van der Waals surface area contributed by atoms with Crippen LogP contribution >= 0.6 is 0 Å². The Bertz CT molecular complexity index is 974. The zero-order chi connectivity index (χ0) is 20.5. The topological polar surface area (TPSA) is 104 Å². The maximum absolute atomic E-state index is 12.5. The van der Waals surface area contributed by atoms with Crippen molar-refractivity contribution in [3.05, 3.63) is 47.4 Å². The lowest BCUT2D eigenvalue weighted by molar-refractivity contribution is 0.0697. The van der Waals surface area contributed by atoms with Crippen molar-refractivity contribution in [1.29, 1.82) is 0 Å². The van der Waals surface area contributed by atoms with Gasteiger partial charge in [0, 0.05) is 44.4 Å². The van der Waals surface area contributed by atoms with Gasteiger partial charge in [-0.25, -0.2) is 14.8 Å². The number of nitrogens with zero attached hydrogens (tertiary/aromatic N) is 4.